The first kappa shape index (κ1) is 12.0. The van der Waals surface area contributed by atoms with E-state index in [4.69, 9.17) is 0 Å². The molecule has 1 aliphatic rings. The Hall–Kier alpha value is -1.82. The molecule has 1 aliphatic carbocycles. The van der Waals surface area contributed by atoms with Crippen LogP contribution in [0.3, 0.4) is 0 Å². The summed E-state index contributed by atoms with van der Waals surface area (Å²) in [4.78, 5) is 4.63. The van der Waals surface area contributed by atoms with Crippen LogP contribution in [-0.2, 0) is 5.75 Å². The monoisotopic (exact) mass is 285 g/mol. The Labute approximate surface area is 121 Å². The standard InChI is InChI=1S/C14H15N5S/c1-10-2-5-13-16-11(7-18(13)6-10)8-20-14-17-15-9-19(14)12-3-4-12/h2,5-7,9,12H,3-4,8H2,1H3. The molecular weight excluding hydrogens is 270 g/mol. The lowest BCUT2D eigenvalue weighted by atomic mass is 10.3. The van der Waals surface area contributed by atoms with Gasteiger partial charge in [0, 0.05) is 24.2 Å². The van der Waals surface area contributed by atoms with E-state index >= 15 is 0 Å². The molecule has 20 heavy (non-hydrogen) atoms. The van der Waals surface area contributed by atoms with Crippen molar-refractivity contribution in [3.8, 4) is 0 Å². The zero-order valence-corrected chi connectivity index (χ0v) is 12.0. The van der Waals surface area contributed by atoms with E-state index in [0.717, 1.165) is 22.3 Å². The molecule has 4 rings (SSSR count). The molecule has 0 radical (unpaired) electrons. The van der Waals surface area contributed by atoms with Crippen molar-refractivity contribution in [2.45, 2.75) is 36.7 Å². The molecule has 0 atom stereocenters. The molecule has 0 aromatic carbocycles. The van der Waals surface area contributed by atoms with E-state index in [2.05, 4.69) is 55.6 Å². The maximum absolute atomic E-state index is 4.63. The van der Waals surface area contributed by atoms with Gasteiger partial charge in [-0.25, -0.2) is 4.98 Å². The highest BCUT2D eigenvalue weighted by Gasteiger charge is 2.26. The third-order valence-electron chi connectivity index (χ3n) is 3.48. The Morgan fingerprint density at radius 1 is 1.30 bits per heavy atom. The van der Waals surface area contributed by atoms with Crippen molar-refractivity contribution in [2.24, 2.45) is 0 Å². The number of pyridine rings is 1. The number of imidazole rings is 1. The third-order valence-corrected chi connectivity index (χ3v) is 4.47. The van der Waals surface area contributed by atoms with Crippen molar-refractivity contribution in [3.63, 3.8) is 0 Å². The van der Waals surface area contributed by atoms with Gasteiger partial charge in [0.1, 0.15) is 12.0 Å². The number of aryl methyl sites for hydroxylation is 1. The maximum Gasteiger partial charge on any atom is 0.191 e. The molecule has 0 saturated heterocycles. The van der Waals surface area contributed by atoms with Gasteiger partial charge < -0.3 is 8.97 Å². The van der Waals surface area contributed by atoms with Crippen LogP contribution in [0.1, 0.15) is 30.1 Å². The quantitative estimate of drug-likeness (QED) is 0.692. The molecule has 0 aliphatic heterocycles. The lowest BCUT2D eigenvalue weighted by Crippen LogP contribution is -1.94. The maximum atomic E-state index is 4.63. The van der Waals surface area contributed by atoms with Crippen LogP contribution in [0.2, 0.25) is 0 Å². The van der Waals surface area contributed by atoms with Crippen molar-refractivity contribution < 1.29 is 0 Å². The van der Waals surface area contributed by atoms with E-state index in [1.54, 1.807) is 11.8 Å². The predicted molar refractivity (Wildman–Crippen MR) is 77.8 cm³/mol. The van der Waals surface area contributed by atoms with Gasteiger partial charge in [0.25, 0.3) is 0 Å². The first-order valence-electron chi connectivity index (χ1n) is 6.76. The minimum atomic E-state index is 0.621. The fourth-order valence-corrected chi connectivity index (χ4v) is 3.17. The number of thioether (sulfide) groups is 1. The second kappa shape index (κ2) is 4.63. The van der Waals surface area contributed by atoms with Crippen molar-refractivity contribution in [1.29, 1.82) is 0 Å². The predicted octanol–water partition coefficient (Wildman–Crippen LogP) is 2.86. The number of rotatable bonds is 4. The van der Waals surface area contributed by atoms with Crippen LogP contribution < -0.4 is 0 Å². The average Bonchev–Trinajstić information content (AvgIpc) is 3.03. The van der Waals surface area contributed by atoms with E-state index in [1.807, 2.05) is 6.33 Å². The van der Waals surface area contributed by atoms with Gasteiger partial charge in [-0.05, 0) is 31.4 Å². The van der Waals surface area contributed by atoms with E-state index in [0.29, 0.717) is 6.04 Å². The molecule has 1 fully saturated rings. The van der Waals surface area contributed by atoms with E-state index in [1.165, 1.54) is 18.4 Å². The highest BCUT2D eigenvalue weighted by Crippen LogP contribution is 2.37. The Kier molecular flexibility index (Phi) is 2.77. The molecule has 5 nitrogen and oxygen atoms in total. The molecule has 0 spiro atoms. The van der Waals surface area contributed by atoms with E-state index < -0.39 is 0 Å². The number of nitrogens with zero attached hydrogens (tertiary/aromatic N) is 5. The minimum absolute atomic E-state index is 0.621. The summed E-state index contributed by atoms with van der Waals surface area (Å²) in [5.41, 5.74) is 3.31. The summed E-state index contributed by atoms with van der Waals surface area (Å²) in [7, 11) is 0. The molecular formula is C14H15N5S. The summed E-state index contributed by atoms with van der Waals surface area (Å²) in [6, 6.07) is 4.76. The first-order valence-corrected chi connectivity index (χ1v) is 7.75. The SMILES string of the molecule is Cc1ccc2nc(CSc3nncn3C3CC3)cn2c1. The van der Waals surface area contributed by atoms with Crippen LogP contribution in [0.4, 0.5) is 0 Å². The zero-order valence-electron chi connectivity index (χ0n) is 11.2. The van der Waals surface area contributed by atoms with E-state index in [9.17, 15) is 0 Å². The van der Waals surface area contributed by atoms with Gasteiger partial charge in [-0.3, -0.25) is 0 Å². The lowest BCUT2D eigenvalue weighted by molar-refractivity contribution is 0.663. The van der Waals surface area contributed by atoms with Crippen LogP contribution in [0.15, 0.2) is 36.0 Å². The van der Waals surface area contributed by atoms with Gasteiger partial charge >= 0.3 is 0 Å². The Bertz CT molecular complexity index is 756. The fourth-order valence-electron chi connectivity index (χ4n) is 2.30. The second-order valence-corrected chi connectivity index (χ2v) is 6.19. The number of fused-ring (bicyclic) bond motifs is 1. The first-order chi connectivity index (χ1) is 9.79. The topological polar surface area (TPSA) is 48.0 Å². The molecule has 3 heterocycles. The van der Waals surface area contributed by atoms with Gasteiger partial charge in [0.05, 0.1) is 5.69 Å². The van der Waals surface area contributed by atoms with Gasteiger partial charge in [0.15, 0.2) is 5.16 Å². The molecule has 0 amide bonds. The Balaban J connectivity index is 1.53. The number of hydrogen-bond acceptors (Lipinski definition) is 4. The summed E-state index contributed by atoms with van der Waals surface area (Å²) in [5.74, 6) is 0.826. The number of aromatic nitrogens is 5. The van der Waals surface area contributed by atoms with Crippen molar-refractivity contribution >= 4 is 17.4 Å². The highest BCUT2D eigenvalue weighted by molar-refractivity contribution is 7.98. The van der Waals surface area contributed by atoms with Crippen molar-refractivity contribution in [1.82, 2.24) is 24.1 Å². The minimum Gasteiger partial charge on any atom is -0.307 e. The normalized spacial score (nSPS) is 15.1. The number of hydrogen-bond donors (Lipinski definition) is 0. The largest absolute Gasteiger partial charge is 0.307 e. The summed E-state index contributed by atoms with van der Waals surface area (Å²) < 4.78 is 4.27. The van der Waals surface area contributed by atoms with Crippen LogP contribution >= 0.6 is 11.8 Å². The summed E-state index contributed by atoms with van der Waals surface area (Å²) in [5, 5.41) is 9.22. The highest BCUT2D eigenvalue weighted by atomic mass is 32.2. The van der Waals surface area contributed by atoms with Gasteiger partial charge in [-0.2, -0.15) is 0 Å². The zero-order chi connectivity index (χ0) is 13.5. The molecule has 3 aromatic heterocycles. The molecule has 0 unspecified atom stereocenters. The molecule has 102 valence electrons. The van der Waals surface area contributed by atoms with Gasteiger partial charge in [-0.1, -0.05) is 17.8 Å². The Morgan fingerprint density at radius 2 is 2.20 bits per heavy atom. The van der Waals surface area contributed by atoms with Crippen molar-refractivity contribution in [3.05, 3.63) is 42.1 Å². The molecule has 0 N–H and O–H groups in total. The lowest BCUT2D eigenvalue weighted by Gasteiger charge is -2.02. The molecule has 6 heteroatoms. The molecule has 3 aromatic rings. The summed E-state index contributed by atoms with van der Waals surface area (Å²) in [6.07, 6.45) is 8.53. The third kappa shape index (κ3) is 2.20. The molecule has 1 saturated carbocycles. The smallest absolute Gasteiger partial charge is 0.191 e. The Morgan fingerprint density at radius 3 is 3.05 bits per heavy atom. The fraction of sp³-hybridized carbons (Fsp3) is 0.357. The van der Waals surface area contributed by atoms with Crippen LogP contribution in [0.5, 0.6) is 0 Å². The van der Waals surface area contributed by atoms with Crippen molar-refractivity contribution in [2.75, 3.05) is 0 Å². The molecule has 0 bridgehead atoms. The van der Waals surface area contributed by atoms with Crippen LogP contribution in [0.25, 0.3) is 5.65 Å². The van der Waals surface area contributed by atoms with Crippen LogP contribution in [0, 0.1) is 6.92 Å². The van der Waals surface area contributed by atoms with Gasteiger partial charge in [0.2, 0.25) is 0 Å². The van der Waals surface area contributed by atoms with Gasteiger partial charge in [-0.15, -0.1) is 10.2 Å². The summed E-state index contributed by atoms with van der Waals surface area (Å²) >= 11 is 1.71. The summed E-state index contributed by atoms with van der Waals surface area (Å²) in [6.45, 7) is 2.09. The average molecular weight is 285 g/mol. The van der Waals surface area contributed by atoms with E-state index in [-0.39, 0.29) is 0 Å². The second-order valence-electron chi connectivity index (χ2n) is 5.24. The van der Waals surface area contributed by atoms with Crippen LogP contribution in [-0.4, -0.2) is 24.1 Å².